The number of carboxylic acid groups (broad SMARTS) is 1. The Hall–Kier alpha value is -2.49. The van der Waals surface area contributed by atoms with Crippen molar-refractivity contribution < 1.29 is 19.4 Å². The first-order chi connectivity index (χ1) is 10.7. The van der Waals surface area contributed by atoms with Gasteiger partial charge < -0.3 is 14.6 Å². The second-order valence-electron chi connectivity index (χ2n) is 5.02. The monoisotopic (exact) mass is 300 g/mol. The molecule has 2 rings (SSSR count). The van der Waals surface area contributed by atoms with E-state index in [1.165, 1.54) is 7.11 Å². The van der Waals surface area contributed by atoms with Crippen molar-refractivity contribution in [1.82, 2.24) is 0 Å². The summed E-state index contributed by atoms with van der Waals surface area (Å²) in [6, 6.07) is 15.1. The van der Waals surface area contributed by atoms with Gasteiger partial charge in [0.2, 0.25) is 0 Å². The Morgan fingerprint density at radius 3 is 2.41 bits per heavy atom. The van der Waals surface area contributed by atoms with Crippen molar-refractivity contribution in [3.8, 4) is 11.5 Å². The van der Waals surface area contributed by atoms with Gasteiger partial charge in [-0.15, -0.1) is 0 Å². The first-order valence-corrected chi connectivity index (χ1v) is 7.14. The lowest BCUT2D eigenvalue weighted by atomic mass is 9.91. The predicted molar refractivity (Wildman–Crippen MR) is 84.7 cm³/mol. The van der Waals surface area contributed by atoms with E-state index < -0.39 is 11.9 Å². The van der Waals surface area contributed by atoms with E-state index in [4.69, 9.17) is 9.47 Å². The molecule has 0 bridgehead atoms. The zero-order valence-corrected chi connectivity index (χ0v) is 12.8. The van der Waals surface area contributed by atoms with Gasteiger partial charge in [0, 0.05) is 11.6 Å². The number of carboxylic acids is 1. The molecule has 4 nitrogen and oxygen atoms in total. The van der Waals surface area contributed by atoms with Crippen LogP contribution in [-0.4, -0.2) is 25.3 Å². The summed E-state index contributed by atoms with van der Waals surface area (Å²) in [6.07, 6.45) is 1.22. The highest BCUT2D eigenvalue weighted by atomic mass is 16.5. The van der Waals surface area contributed by atoms with Crippen LogP contribution in [0.15, 0.2) is 48.5 Å². The third kappa shape index (κ3) is 3.79. The first-order valence-electron chi connectivity index (χ1n) is 7.14. The molecule has 0 aliphatic rings. The van der Waals surface area contributed by atoms with Crippen LogP contribution in [0.4, 0.5) is 0 Å². The number of ether oxygens (including phenoxy) is 2. The Balaban J connectivity index is 2.22. The number of rotatable bonds is 7. The maximum absolute atomic E-state index is 11.7. The summed E-state index contributed by atoms with van der Waals surface area (Å²) in [5.41, 5.74) is 1.80. The van der Waals surface area contributed by atoms with E-state index in [-0.39, 0.29) is 0 Å². The molecule has 0 amide bonds. The largest absolute Gasteiger partial charge is 0.497 e. The van der Waals surface area contributed by atoms with Crippen LogP contribution in [0.3, 0.4) is 0 Å². The number of methoxy groups -OCH3 is 2. The van der Waals surface area contributed by atoms with Gasteiger partial charge in [-0.25, -0.2) is 0 Å². The lowest BCUT2D eigenvalue weighted by molar-refractivity contribution is -0.139. The quantitative estimate of drug-likeness (QED) is 0.850. The van der Waals surface area contributed by atoms with E-state index in [0.717, 1.165) is 5.56 Å². The first kappa shape index (κ1) is 15.9. The van der Waals surface area contributed by atoms with Gasteiger partial charge in [0.15, 0.2) is 0 Å². The van der Waals surface area contributed by atoms with Crippen LogP contribution < -0.4 is 9.47 Å². The van der Waals surface area contributed by atoms with Crippen LogP contribution in [0.2, 0.25) is 0 Å². The Bertz CT molecular complexity index is 622. The highest BCUT2D eigenvalue weighted by Gasteiger charge is 2.23. The zero-order chi connectivity index (χ0) is 15.9. The van der Waals surface area contributed by atoms with Gasteiger partial charge in [0.25, 0.3) is 0 Å². The molecule has 2 aromatic carbocycles. The molecule has 1 unspecified atom stereocenters. The zero-order valence-electron chi connectivity index (χ0n) is 12.8. The maximum atomic E-state index is 11.7. The average Bonchev–Trinajstić information content (AvgIpc) is 2.55. The SMILES string of the molecule is COc1ccc(C(CCc2ccccc2)C(=O)O)c(OC)c1. The lowest BCUT2D eigenvalue weighted by Gasteiger charge is -2.17. The molecule has 22 heavy (non-hydrogen) atoms. The number of carbonyl (C=O) groups is 1. The van der Waals surface area contributed by atoms with E-state index in [1.807, 2.05) is 30.3 Å². The van der Waals surface area contributed by atoms with Crippen LogP contribution in [0.25, 0.3) is 0 Å². The van der Waals surface area contributed by atoms with Crippen molar-refractivity contribution >= 4 is 5.97 Å². The fourth-order valence-corrected chi connectivity index (χ4v) is 2.47. The Morgan fingerprint density at radius 1 is 1.09 bits per heavy atom. The lowest BCUT2D eigenvalue weighted by Crippen LogP contribution is -2.14. The molecule has 0 heterocycles. The molecule has 0 spiro atoms. The number of aliphatic carboxylic acids is 1. The third-order valence-corrected chi connectivity index (χ3v) is 3.68. The molecule has 1 N–H and O–H groups in total. The van der Waals surface area contributed by atoms with Crippen LogP contribution in [-0.2, 0) is 11.2 Å². The molecule has 4 heteroatoms. The van der Waals surface area contributed by atoms with Crippen LogP contribution in [0.1, 0.15) is 23.5 Å². The summed E-state index contributed by atoms with van der Waals surface area (Å²) in [5.74, 6) is -0.270. The molecule has 0 saturated carbocycles. The minimum Gasteiger partial charge on any atom is -0.497 e. The topological polar surface area (TPSA) is 55.8 Å². The number of aryl methyl sites for hydroxylation is 1. The average molecular weight is 300 g/mol. The van der Waals surface area contributed by atoms with Crippen LogP contribution >= 0.6 is 0 Å². The highest BCUT2D eigenvalue weighted by Crippen LogP contribution is 2.33. The molecular formula is C18H20O4. The summed E-state index contributed by atoms with van der Waals surface area (Å²) in [4.78, 5) is 11.7. The summed E-state index contributed by atoms with van der Waals surface area (Å²) in [6.45, 7) is 0. The van der Waals surface area contributed by atoms with Crippen molar-refractivity contribution in [1.29, 1.82) is 0 Å². The summed E-state index contributed by atoms with van der Waals surface area (Å²) >= 11 is 0. The van der Waals surface area contributed by atoms with Crippen LogP contribution in [0.5, 0.6) is 11.5 Å². The molecule has 0 saturated heterocycles. The van der Waals surface area contributed by atoms with E-state index in [1.54, 1.807) is 25.3 Å². The van der Waals surface area contributed by atoms with Gasteiger partial charge in [-0.1, -0.05) is 36.4 Å². The molecule has 0 aliphatic heterocycles. The van der Waals surface area contributed by atoms with Gasteiger partial charge in [0.05, 0.1) is 20.1 Å². The van der Waals surface area contributed by atoms with Crippen LogP contribution in [0, 0.1) is 0 Å². The third-order valence-electron chi connectivity index (χ3n) is 3.68. The molecule has 0 aromatic heterocycles. The van der Waals surface area contributed by atoms with E-state index >= 15 is 0 Å². The normalized spacial score (nSPS) is 11.7. The molecule has 0 aliphatic carbocycles. The van der Waals surface area contributed by atoms with Gasteiger partial charge in [-0.2, -0.15) is 0 Å². The molecular weight excluding hydrogens is 280 g/mol. The van der Waals surface area contributed by atoms with E-state index in [0.29, 0.717) is 29.9 Å². The highest BCUT2D eigenvalue weighted by molar-refractivity contribution is 5.77. The van der Waals surface area contributed by atoms with Crippen molar-refractivity contribution in [3.63, 3.8) is 0 Å². The van der Waals surface area contributed by atoms with Gasteiger partial charge >= 0.3 is 5.97 Å². The second-order valence-corrected chi connectivity index (χ2v) is 5.02. The minimum absolute atomic E-state index is 0.516. The molecule has 1 atom stereocenters. The fourth-order valence-electron chi connectivity index (χ4n) is 2.47. The smallest absolute Gasteiger partial charge is 0.311 e. The Labute approximate surface area is 130 Å². The Kier molecular flexibility index (Phi) is 5.42. The van der Waals surface area contributed by atoms with Gasteiger partial charge in [0.1, 0.15) is 11.5 Å². The van der Waals surface area contributed by atoms with Crippen molar-refractivity contribution in [2.24, 2.45) is 0 Å². The van der Waals surface area contributed by atoms with E-state index in [2.05, 4.69) is 0 Å². The maximum Gasteiger partial charge on any atom is 0.311 e. The summed E-state index contributed by atoms with van der Waals surface area (Å²) in [5, 5.41) is 9.56. The van der Waals surface area contributed by atoms with Crippen molar-refractivity contribution in [2.45, 2.75) is 18.8 Å². The number of hydrogen-bond donors (Lipinski definition) is 1. The molecule has 2 aromatic rings. The van der Waals surface area contributed by atoms with Crippen molar-refractivity contribution in [3.05, 3.63) is 59.7 Å². The van der Waals surface area contributed by atoms with Gasteiger partial charge in [-0.05, 0) is 24.5 Å². The molecule has 0 radical (unpaired) electrons. The number of benzene rings is 2. The molecule has 0 fully saturated rings. The molecule has 116 valence electrons. The summed E-state index contributed by atoms with van der Waals surface area (Å²) in [7, 11) is 3.10. The fraction of sp³-hybridized carbons (Fsp3) is 0.278. The Morgan fingerprint density at radius 2 is 1.82 bits per heavy atom. The van der Waals surface area contributed by atoms with Crippen molar-refractivity contribution in [2.75, 3.05) is 14.2 Å². The second kappa shape index (κ2) is 7.50. The summed E-state index contributed by atoms with van der Waals surface area (Å²) < 4.78 is 10.5. The van der Waals surface area contributed by atoms with Gasteiger partial charge in [-0.3, -0.25) is 4.79 Å². The van der Waals surface area contributed by atoms with E-state index in [9.17, 15) is 9.90 Å². The number of hydrogen-bond acceptors (Lipinski definition) is 3. The standard InChI is InChI=1S/C18H20O4/c1-21-14-9-11-15(17(12-14)22-2)16(18(19)20)10-8-13-6-4-3-5-7-13/h3-7,9,11-12,16H,8,10H2,1-2H3,(H,19,20). The predicted octanol–water partition coefficient (Wildman–Crippen LogP) is 3.50. The minimum atomic E-state index is -0.848.